The summed E-state index contributed by atoms with van der Waals surface area (Å²) < 4.78 is 4.88. The molecule has 0 bridgehead atoms. The molecule has 2 unspecified atom stereocenters. The summed E-state index contributed by atoms with van der Waals surface area (Å²) in [4.78, 5) is 10.6. The van der Waals surface area contributed by atoms with Crippen molar-refractivity contribution in [3.05, 3.63) is 23.8 Å². The topological polar surface area (TPSA) is 113 Å². The van der Waals surface area contributed by atoms with Crippen LogP contribution in [0.25, 0.3) is 0 Å². The highest BCUT2D eigenvalue weighted by molar-refractivity contribution is 5.74. The Hall–Kier alpha value is -1.79. The summed E-state index contributed by atoms with van der Waals surface area (Å²) in [5.74, 6) is -0.534. The van der Waals surface area contributed by atoms with E-state index in [0.717, 1.165) is 0 Å². The second-order valence-electron chi connectivity index (χ2n) is 3.61. The fourth-order valence-electron chi connectivity index (χ4n) is 1.43. The standard InChI is InChI=1S/C11H15NO5/c1-17-6-2-3-7(8(13)4-6)11(16)9(14)5-10(12)15/h2-4,9,11,13-14,16H,5H2,1H3,(H2,12,15). The Labute approximate surface area is 98.3 Å². The van der Waals surface area contributed by atoms with Crippen LogP contribution < -0.4 is 10.5 Å². The third-order valence-corrected chi connectivity index (χ3v) is 2.33. The van der Waals surface area contributed by atoms with E-state index in [0.29, 0.717) is 5.75 Å². The van der Waals surface area contributed by atoms with Crippen LogP contribution in [0.15, 0.2) is 18.2 Å². The number of methoxy groups -OCH3 is 1. The van der Waals surface area contributed by atoms with E-state index in [1.54, 1.807) is 0 Å². The van der Waals surface area contributed by atoms with Gasteiger partial charge in [-0.25, -0.2) is 0 Å². The van der Waals surface area contributed by atoms with E-state index < -0.39 is 18.1 Å². The predicted octanol–water partition coefficient (Wildman–Crippen LogP) is -0.329. The zero-order chi connectivity index (χ0) is 13.0. The van der Waals surface area contributed by atoms with E-state index in [1.165, 1.54) is 25.3 Å². The Morgan fingerprint density at radius 1 is 1.47 bits per heavy atom. The highest BCUT2D eigenvalue weighted by Crippen LogP contribution is 2.30. The molecule has 94 valence electrons. The third kappa shape index (κ3) is 3.33. The quantitative estimate of drug-likeness (QED) is 0.563. The van der Waals surface area contributed by atoms with Gasteiger partial charge in [0.25, 0.3) is 0 Å². The summed E-state index contributed by atoms with van der Waals surface area (Å²) in [6, 6.07) is 4.23. The van der Waals surface area contributed by atoms with Gasteiger partial charge in [-0.2, -0.15) is 0 Å². The number of hydrogen-bond acceptors (Lipinski definition) is 5. The fourth-order valence-corrected chi connectivity index (χ4v) is 1.43. The van der Waals surface area contributed by atoms with Crippen molar-refractivity contribution in [3.63, 3.8) is 0 Å². The number of carbonyl (C=O) groups is 1. The van der Waals surface area contributed by atoms with Crippen LogP contribution in [0.5, 0.6) is 11.5 Å². The average molecular weight is 241 g/mol. The number of carbonyl (C=O) groups excluding carboxylic acids is 1. The minimum absolute atomic E-state index is 0.111. The van der Waals surface area contributed by atoms with Gasteiger partial charge in [-0.15, -0.1) is 0 Å². The molecule has 1 aromatic carbocycles. The van der Waals surface area contributed by atoms with Crippen molar-refractivity contribution in [2.75, 3.05) is 7.11 Å². The number of aliphatic hydroxyl groups excluding tert-OH is 2. The van der Waals surface area contributed by atoms with Crippen molar-refractivity contribution in [1.82, 2.24) is 0 Å². The average Bonchev–Trinajstić information content (AvgIpc) is 2.27. The Balaban J connectivity index is 2.88. The molecule has 0 aliphatic rings. The van der Waals surface area contributed by atoms with Gasteiger partial charge in [0.05, 0.1) is 19.6 Å². The first-order valence-electron chi connectivity index (χ1n) is 4.97. The molecule has 0 heterocycles. The molecule has 6 heteroatoms. The molecular weight excluding hydrogens is 226 g/mol. The predicted molar refractivity (Wildman–Crippen MR) is 59.4 cm³/mol. The summed E-state index contributed by atoms with van der Waals surface area (Å²) in [5, 5.41) is 28.8. The Bertz CT molecular complexity index is 407. The van der Waals surface area contributed by atoms with Gasteiger partial charge in [-0.05, 0) is 12.1 Å². The van der Waals surface area contributed by atoms with Crippen LogP contribution in [0.2, 0.25) is 0 Å². The van der Waals surface area contributed by atoms with Crippen molar-refractivity contribution in [3.8, 4) is 11.5 Å². The smallest absolute Gasteiger partial charge is 0.220 e. The third-order valence-electron chi connectivity index (χ3n) is 2.33. The van der Waals surface area contributed by atoms with Gasteiger partial charge >= 0.3 is 0 Å². The van der Waals surface area contributed by atoms with Gasteiger partial charge in [0.15, 0.2) is 0 Å². The lowest BCUT2D eigenvalue weighted by Crippen LogP contribution is -2.25. The molecule has 1 amide bonds. The highest BCUT2D eigenvalue weighted by Gasteiger charge is 2.23. The largest absolute Gasteiger partial charge is 0.507 e. The Morgan fingerprint density at radius 2 is 2.12 bits per heavy atom. The number of amides is 1. The SMILES string of the molecule is COc1ccc(C(O)C(O)CC(N)=O)c(O)c1. The van der Waals surface area contributed by atoms with E-state index in [1.807, 2.05) is 0 Å². The molecule has 0 radical (unpaired) electrons. The lowest BCUT2D eigenvalue weighted by Gasteiger charge is -2.18. The van der Waals surface area contributed by atoms with Crippen LogP contribution in [0.4, 0.5) is 0 Å². The van der Waals surface area contributed by atoms with E-state index in [4.69, 9.17) is 10.5 Å². The highest BCUT2D eigenvalue weighted by atomic mass is 16.5. The molecule has 0 fully saturated rings. The lowest BCUT2D eigenvalue weighted by atomic mass is 10.0. The number of ether oxygens (including phenoxy) is 1. The molecule has 1 rings (SSSR count). The van der Waals surface area contributed by atoms with Gasteiger partial charge in [0.1, 0.15) is 17.6 Å². The maximum Gasteiger partial charge on any atom is 0.220 e. The Kier molecular flexibility index (Phi) is 4.30. The second kappa shape index (κ2) is 5.51. The molecule has 0 spiro atoms. The summed E-state index contributed by atoms with van der Waals surface area (Å²) in [6.07, 6.45) is -3.12. The monoisotopic (exact) mass is 241 g/mol. The summed E-state index contributed by atoms with van der Waals surface area (Å²) >= 11 is 0. The molecule has 2 atom stereocenters. The van der Waals surface area contributed by atoms with Crippen LogP contribution in [0, 0.1) is 0 Å². The fraction of sp³-hybridized carbons (Fsp3) is 0.364. The first-order chi connectivity index (χ1) is 7.95. The maximum atomic E-state index is 10.6. The first kappa shape index (κ1) is 13.3. The number of rotatable bonds is 5. The summed E-state index contributed by atoms with van der Waals surface area (Å²) in [7, 11) is 1.44. The van der Waals surface area contributed by atoms with Crippen molar-refractivity contribution in [1.29, 1.82) is 0 Å². The van der Waals surface area contributed by atoms with E-state index >= 15 is 0 Å². The van der Waals surface area contributed by atoms with E-state index in [9.17, 15) is 20.1 Å². The van der Waals surface area contributed by atoms with Crippen LogP contribution in [-0.2, 0) is 4.79 Å². The molecule has 0 aliphatic heterocycles. The van der Waals surface area contributed by atoms with Crippen LogP contribution in [0.1, 0.15) is 18.1 Å². The summed E-state index contributed by atoms with van der Waals surface area (Å²) in [6.45, 7) is 0. The zero-order valence-electron chi connectivity index (χ0n) is 9.33. The second-order valence-corrected chi connectivity index (χ2v) is 3.61. The zero-order valence-corrected chi connectivity index (χ0v) is 9.33. The summed E-state index contributed by atoms with van der Waals surface area (Å²) in [5.41, 5.74) is 5.01. The van der Waals surface area contributed by atoms with Crippen molar-refractivity contribution in [2.45, 2.75) is 18.6 Å². The first-order valence-corrected chi connectivity index (χ1v) is 4.97. The maximum absolute atomic E-state index is 10.6. The number of phenols is 1. The van der Waals surface area contributed by atoms with Gasteiger partial charge in [-0.3, -0.25) is 4.79 Å². The molecular formula is C11H15NO5. The molecule has 5 N–H and O–H groups in total. The van der Waals surface area contributed by atoms with Crippen molar-refractivity contribution in [2.24, 2.45) is 5.73 Å². The van der Waals surface area contributed by atoms with Gasteiger partial charge in [0, 0.05) is 11.6 Å². The molecule has 0 aromatic heterocycles. The number of primary amides is 1. The lowest BCUT2D eigenvalue weighted by molar-refractivity contribution is -0.121. The number of aromatic hydroxyl groups is 1. The molecule has 17 heavy (non-hydrogen) atoms. The molecule has 6 nitrogen and oxygen atoms in total. The number of phenolic OH excluding ortho intramolecular Hbond substituents is 1. The minimum Gasteiger partial charge on any atom is -0.507 e. The van der Waals surface area contributed by atoms with Gasteiger partial charge in [-0.1, -0.05) is 0 Å². The van der Waals surface area contributed by atoms with Crippen molar-refractivity contribution >= 4 is 5.91 Å². The number of benzene rings is 1. The minimum atomic E-state index is -1.38. The normalized spacial score (nSPS) is 14.1. The number of hydrogen-bond donors (Lipinski definition) is 4. The van der Waals surface area contributed by atoms with Crippen LogP contribution in [-0.4, -0.2) is 34.4 Å². The molecule has 0 saturated heterocycles. The number of aliphatic hydroxyl groups is 2. The van der Waals surface area contributed by atoms with Crippen molar-refractivity contribution < 1.29 is 24.9 Å². The van der Waals surface area contributed by atoms with E-state index in [-0.39, 0.29) is 17.7 Å². The van der Waals surface area contributed by atoms with Crippen LogP contribution >= 0.6 is 0 Å². The number of nitrogens with two attached hydrogens (primary N) is 1. The molecule has 0 saturated carbocycles. The van der Waals surface area contributed by atoms with Gasteiger partial charge < -0.3 is 25.8 Å². The molecule has 0 aliphatic carbocycles. The Morgan fingerprint density at radius 3 is 2.59 bits per heavy atom. The van der Waals surface area contributed by atoms with E-state index in [2.05, 4.69) is 0 Å². The molecule has 1 aromatic rings. The van der Waals surface area contributed by atoms with Gasteiger partial charge in [0.2, 0.25) is 5.91 Å². The van der Waals surface area contributed by atoms with Crippen LogP contribution in [0.3, 0.4) is 0 Å².